The second-order valence-electron chi connectivity index (χ2n) is 3.79. The van der Waals surface area contributed by atoms with Crippen LogP contribution in [-0.2, 0) is 11.2 Å². The fraction of sp³-hybridized carbons (Fsp3) is 0.250. The van der Waals surface area contributed by atoms with Gasteiger partial charge in [0.05, 0.1) is 19.0 Å². The zero-order valence-corrected chi connectivity index (χ0v) is 9.36. The van der Waals surface area contributed by atoms with Crippen molar-refractivity contribution in [3.63, 3.8) is 0 Å². The van der Waals surface area contributed by atoms with E-state index in [2.05, 4.69) is 0 Å². The maximum absolute atomic E-state index is 11.0. The third-order valence-electron chi connectivity index (χ3n) is 2.66. The van der Waals surface area contributed by atoms with Crippen LogP contribution in [0.15, 0.2) is 24.5 Å². The minimum atomic E-state index is -0.320. The van der Waals surface area contributed by atoms with Crippen molar-refractivity contribution < 1.29 is 9.53 Å². The molecule has 0 aliphatic carbocycles. The van der Waals surface area contributed by atoms with Gasteiger partial charge in [0.15, 0.2) is 0 Å². The van der Waals surface area contributed by atoms with Crippen LogP contribution in [0.5, 0.6) is 5.75 Å². The Morgan fingerprint density at radius 2 is 2.31 bits per heavy atom. The molecule has 2 heterocycles. The van der Waals surface area contributed by atoms with Crippen molar-refractivity contribution in [1.82, 2.24) is 4.40 Å². The molecule has 0 spiro atoms. The summed E-state index contributed by atoms with van der Waals surface area (Å²) in [6.07, 6.45) is 4.15. The van der Waals surface area contributed by atoms with Gasteiger partial charge in [0.1, 0.15) is 5.75 Å². The first kappa shape index (κ1) is 10.5. The van der Waals surface area contributed by atoms with Crippen molar-refractivity contribution in [2.24, 2.45) is 5.73 Å². The molecule has 0 atom stereocenters. The number of ether oxygens (including phenoxy) is 1. The first-order valence-electron chi connectivity index (χ1n) is 5.04. The normalized spacial score (nSPS) is 10.6. The van der Waals surface area contributed by atoms with Crippen LogP contribution < -0.4 is 10.5 Å². The summed E-state index contributed by atoms with van der Waals surface area (Å²) in [5.74, 6) is 0.454. The van der Waals surface area contributed by atoms with E-state index in [1.54, 1.807) is 7.11 Å². The van der Waals surface area contributed by atoms with Gasteiger partial charge in [-0.05, 0) is 24.1 Å². The number of amides is 1. The quantitative estimate of drug-likeness (QED) is 0.843. The van der Waals surface area contributed by atoms with Crippen LogP contribution >= 0.6 is 0 Å². The van der Waals surface area contributed by atoms with Gasteiger partial charge in [-0.25, -0.2) is 0 Å². The molecule has 0 unspecified atom stereocenters. The molecule has 0 fully saturated rings. The maximum Gasteiger partial charge on any atom is 0.221 e. The summed E-state index contributed by atoms with van der Waals surface area (Å²) in [5.41, 5.74) is 8.23. The third-order valence-corrected chi connectivity index (χ3v) is 2.66. The third kappa shape index (κ3) is 1.74. The molecule has 0 aliphatic heterocycles. The first-order chi connectivity index (χ1) is 7.61. The number of primary amides is 1. The van der Waals surface area contributed by atoms with E-state index >= 15 is 0 Å². The Kier molecular flexibility index (Phi) is 2.56. The van der Waals surface area contributed by atoms with Crippen LogP contribution in [-0.4, -0.2) is 17.4 Å². The molecule has 0 saturated heterocycles. The van der Waals surface area contributed by atoms with Gasteiger partial charge in [-0.15, -0.1) is 0 Å². The van der Waals surface area contributed by atoms with E-state index < -0.39 is 0 Å². The van der Waals surface area contributed by atoms with E-state index in [9.17, 15) is 4.79 Å². The van der Waals surface area contributed by atoms with Crippen molar-refractivity contribution in [2.75, 3.05) is 7.11 Å². The van der Waals surface area contributed by atoms with Crippen molar-refractivity contribution in [3.05, 3.63) is 35.7 Å². The minimum absolute atomic E-state index is 0.259. The fourth-order valence-electron chi connectivity index (χ4n) is 1.87. The van der Waals surface area contributed by atoms with Crippen molar-refractivity contribution in [3.8, 4) is 5.75 Å². The molecule has 1 amide bonds. The number of aromatic nitrogens is 1. The van der Waals surface area contributed by atoms with Gasteiger partial charge in [-0.1, -0.05) is 0 Å². The Bertz CT molecular complexity index is 543. The maximum atomic E-state index is 11.0. The number of hydrogen-bond acceptors (Lipinski definition) is 2. The van der Waals surface area contributed by atoms with Gasteiger partial charge in [-0.3, -0.25) is 4.79 Å². The summed E-state index contributed by atoms with van der Waals surface area (Å²) >= 11 is 0. The largest absolute Gasteiger partial charge is 0.497 e. The first-order valence-corrected chi connectivity index (χ1v) is 5.04. The summed E-state index contributed by atoms with van der Waals surface area (Å²) in [6.45, 7) is 1.97. The molecule has 0 aliphatic rings. The van der Waals surface area contributed by atoms with Crippen LogP contribution in [0.25, 0.3) is 5.52 Å². The highest BCUT2D eigenvalue weighted by molar-refractivity contribution is 5.80. The highest BCUT2D eigenvalue weighted by atomic mass is 16.5. The topological polar surface area (TPSA) is 56.7 Å². The van der Waals surface area contributed by atoms with E-state index in [1.165, 1.54) is 0 Å². The highest BCUT2D eigenvalue weighted by Gasteiger charge is 2.10. The summed E-state index contributed by atoms with van der Waals surface area (Å²) in [4.78, 5) is 11.0. The highest BCUT2D eigenvalue weighted by Crippen LogP contribution is 2.22. The van der Waals surface area contributed by atoms with E-state index in [0.29, 0.717) is 0 Å². The molecule has 0 bridgehead atoms. The Morgan fingerprint density at radius 1 is 1.56 bits per heavy atom. The van der Waals surface area contributed by atoms with Crippen molar-refractivity contribution >= 4 is 11.4 Å². The number of pyridine rings is 1. The molecule has 2 rings (SSSR count). The van der Waals surface area contributed by atoms with Crippen LogP contribution in [0.3, 0.4) is 0 Å². The number of nitrogens with zero attached hydrogens (tertiary/aromatic N) is 1. The number of carbonyl (C=O) groups is 1. The SMILES string of the molecule is COc1ccn2cc(C)c(CC(N)=O)c2c1. The number of rotatable bonds is 3. The van der Waals surface area contributed by atoms with E-state index in [-0.39, 0.29) is 12.3 Å². The summed E-state index contributed by atoms with van der Waals surface area (Å²) in [6, 6.07) is 3.78. The van der Waals surface area contributed by atoms with E-state index in [1.807, 2.05) is 35.9 Å². The predicted octanol–water partition coefficient (Wildman–Crippen LogP) is 1.28. The molecular formula is C12H14N2O2. The van der Waals surface area contributed by atoms with Crippen LogP contribution in [0, 0.1) is 6.92 Å². The van der Waals surface area contributed by atoms with Crippen molar-refractivity contribution in [1.29, 1.82) is 0 Å². The average Bonchev–Trinajstić information content (AvgIpc) is 2.54. The monoisotopic (exact) mass is 218 g/mol. The Hall–Kier alpha value is -1.97. The van der Waals surface area contributed by atoms with Gasteiger partial charge in [0.2, 0.25) is 5.91 Å². The molecular weight excluding hydrogens is 204 g/mol. The number of hydrogen-bond donors (Lipinski definition) is 1. The summed E-state index contributed by atoms with van der Waals surface area (Å²) < 4.78 is 7.13. The number of fused-ring (bicyclic) bond motifs is 1. The Morgan fingerprint density at radius 3 is 2.94 bits per heavy atom. The fourth-order valence-corrected chi connectivity index (χ4v) is 1.87. The Labute approximate surface area is 93.6 Å². The molecule has 0 saturated carbocycles. The summed E-state index contributed by atoms with van der Waals surface area (Å²) in [7, 11) is 1.62. The average molecular weight is 218 g/mol. The zero-order chi connectivity index (χ0) is 11.7. The molecule has 0 aromatic carbocycles. The smallest absolute Gasteiger partial charge is 0.221 e. The number of methoxy groups -OCH3 is 1. The minimum Gasteiger partial charge on any atom is -0.497 e. The van der Waals surface area contributed by atoms with Crippen LogP contribution in [0.1, 0.15) is 11.1 Å². The Balaban J connectivity index is 2.61. The molecule has 2 aromatic rings. The van der Waals surface area contributed by atoms with E-state index in [4.69, 9.17) is 10.5 Å². The lowest BCUT2D eigenvalue weighted by Crippen LogP contribution is -2.14. The molecule has 4 nitrogen and oxygen atoms in total. The van der Waals surface area contributed by atoms with Crippen molar-refractivity contribution in [2.45, 2.75) is 13.3 Å². The molecule has 2 aromatic heterocycles. The number of nitrogens with two attached hydrogens (primary N) is 1. The molecule has 2 N–H and O–H groups in total. The van der Waals surface area contributed by atoms with Gasteiger partial charge >= 0.3 is 0 Å². The second kappa shape index (κ2) is 3.89. The molecule has 0 radical (unpaired) electrons. The number of carbonyl (C=O) groups excluding carboxylic acids is 1. The lowest BCUT2D eigenvalue weighted by molar-refractivity contribution is -0.117. The van der Waals surface area contributed by atoms with Crippen LogP contribution in [0.4, 0.5) is 0 Å². The zero-order valence-electron chi connectivity index (χ0n) is 9.36. The van der Waals surface area contributed by atoms with Crippen LogP contribution in [0.2, 0.25) is 0 Å². The standard InChI is InChI=1S/C12H14N2O2/c1-8-7-14-4-3-9(16-2)5-11(14)10(8)6-12(13)15/h3-5,7H,6H2,1-2H3,(H2,13,15). The molecule has 4 heteroatoms. The lowest BCUT2D eigenvalue weighted by Gasteiger charge is -2.02. The van der Waals surface area contributed by atoms with Gasteiger partial charge in [-0.2, -0.15) is 0 Å². The molecule has 16 heavy (non-hydrogen) atoms. The summed E-state index contributed by atoms with van der Waals surface area (Å²) in [5, 5.41) is 0. The van der Waals surface area contributed by atoms with Gasteiger partial charge < -0.3 is 14.9 Å². The lowest BCUT2D eigenvalue weighted by atomic mass is 10.1. The molecule has 84 valence electrons. The van der Waals surface area contributed by atoms with Gasteiger partial charge in [0.25, 0.3) is 0 Å². The predicted molar refractivity (Wildman–Crippen MR) is 61.6 cm³/mol. The van der Waals surface area contributed by atoms with E-state index in [0.717, 1.165) is 22.4 Å². The van der Waals surface area contributed by atoms with Gasteiger partial charge in [0, 0.05) is 18.5 Å². The second-order valence-corrected chi connectivity index (χ2v) is 3.79. The number of aryl methyl sites for hydroxylation is 1.